The molecule has 1 atom stereocenters. The first-order valence-corrected chi connectivity index (χ1v) is 9.22. The highest BCUT2D eigenvalue weighted by atomic mass is 32.2. The first kappa shape index (κ1) is 18.0. The summed E-state index contributed by atoms with van der Waals surface area (Å²) in [5, 5.41) is 6.86. The number of carbonyl (C=O) groups is 1. The zero-order chi connectivity index (χ0) is 16.9. The van der Waals surface area contributed by atoms with Gasteiger partial charge in [0.1, 0.15) is 5.67 Å². The molecule has 0 spiro atoms. The van der Waals surface area contributed by atoms with Gasteiger partial charge in [-0.25, -0.2) is 4.39 Å². The number of anilines is 1. The standard InChI is InChI=1S/C17H21FN2OS2/c1-12(2)23-19-11-17(3,18)14-4-6-15(7-5-14)20-16(21)13-8-9-22-10-13/h4-10,12,19H,11H2,1-3H3,(H,20,21). The third-order valence-electron chi connectivity index (χ3n) is 3.25. The van der Waals surface area contributed by atoms with Crippen molar-refractivity contribution < 1.29 is 9.18 Å². The molecule has 0 fully saturated rings. The quantitative estimate of drug-likeness (QED) is 0.701. The molecule has 2 aromatic rings. The summed E-state index contributed by atoms with van der Waals surface area (Å²) in [7, 11) is 0. The van der Waals surface area contributed by atoms with Crippen LogP contribution in [0, 0.1) is 0 Å². The summed E-state index contributed by atoms with van der Waals surface area (Å²) >= 11 is 2.99. The number of carbonyl (C=O) groups excluding carboxylic acids is 1. The highest BCUT2D eigenvalue weighted by Gasteiger charge is 2.25. The van der Waals surface area contributed by atoms with E-state index in [0.717, 1.165) is 0 Å². The van der Waals surface area contributed by atoms with E-state index in [2.05, 4.69) is 23.9 Å². The number of hydrogen-bond acceptors (Lipinski definition) is 4. The molecule has 2 rings (SSSR count). The smallest absolute Gasteiger partial charge is 0.256 e. The Morgan fingerprint density at radius 3 is 2.57 bits per heavy atom. The fraction of sp³-hybridized carbons (Fsp3) is 0.353. The minimum absolute atomic E-state index is 0.156. The highest BCUT2D eigenvalue weighted by molar-refractivity contribution is 7.97. The lowest BCUT2D eigenvalue weighted by molar-refractivity contribution is 0.102. The van der Waals surface area contributed by atoms with Crippen LogP contribution in [0.15, 0.2) is 41.1 Å². The molecule has 0 aliphatic heterocycles. The van der Waals surface area contributed by atoms with Gasteiger partial charge in [-0.3, -0.25) is 9.52 Å². The van der Waals surface area contributed by atoms with Crippen LogP contribution in [-0.2, 0) is 5.67 Å². The molecule has 6 heteroatoms. The fourth-order valence-electron chi connectivity index (χ4n) is 1.94. The molecule has 0 saturated heterocycles. The Kier molecular flexibility index (Phi) is 6.21. The van der Waals surface area contributed by atoms with E-state index in [0.29, 0.717) is 22.1 Å². The van der Waals surface area contributed by atoms with Crippen LogP contribution in [0.25, 0.3) is 0 Å². The number of alkyl halides is 1. The van der Waals surface area contributed by atoms with Crippen molar-refractivity contribution >= 4 is 34.9 Å². The second-order valence-corrected chi connectivity index (χ2v) is 7.98. The van der Waals surface area contributed by atoms with Crippen LogP contribution >= 0.6 is 23.3 Å². The van der Waals surface area contributed by atoms with Gasteiger partial charge in [0.25, 0.3) is 5.91 Å². The molecule has 0 aliphatic rings. The summed E-state index contributed by atoms with van der Waals surface area (Å²) in [6.07, 6.45) is 0. The van der Waals surface area contributed by atoms with Crippen molar-refractivity contribution in [3.63, 3.8) is 0 Å². The molecule has 0 aliphatic carbocycles. The molecule has 3 nitrogen and oxygen atoms in total. The van der Waals surface area contributed by atoms with Crippen LogP contribution in [0.2, 0.25) is 0 Å². The molecular formula is C17H21FN2OS2. The monoisotopic (exact) mass is 352 g/mol. The predicted octanol–water partition coefficient (Wildman–Crippen LogP) is 4.83. The summed E-state index contributed by atoms with van der Waals surface area (Å²) in [5.74, 6) is -0.156. The number of halogens is 1. The molecule has 1 aromatic carbocycles. The molecule has 2 N–H and O–H groups in total. The van der Waals surface area contributed by atoms with Gasteiger partial charge in [-0.1, -0.05) is 37.9 Å². The predicted molar refractivity (Wildman–Crippen MR) is 97.9 cm³/mol. The largest absolute Gasteiger partial charge is 0.322 e. The van der Waals surface area contributed by atoms with E-state index in [1.165, 1.54) is 23.3 Å². The van der Waals surface area contributed by atoms with Crippen molar-refractivity contribution in [1.29, 1.82) is 0 Å². The van der Waals surface area contributed by atoms with E-state index >= 15 is 0 Å². The summed E-state index contributed by atoms with van der Waals surface area (Å²) in [6, 6.07) is 8.65. The van der Waals surface area contributed by atoms with Crippen LogP contribution < -0.4 is 10.0 Å². The van der Waals surface area contributed by atoms with Crippen molar-refractivity contribution in [3.8, 4) is 0 Å². The van der Waals surface area contributed by atoms with Crippen molar-refractivity contribution in [2.45, 2.75) is 31.7 Å². The van der Waals surface area contributed by atoms with Gasteiger partial charge >= 0.3 is 0 Å². The van der Waals surface area contributed by atoms with Crippen LogP contribution in [0.5, 0.6) is 0 Å². The van der Waals surface area contributed by atoms with Crippen LogP contribution in [0.3, 0.4) is 0 Å². The first-order chi connectivity index (χ1) is 10.9. The Morgan fingerprint density at radius 2 is 2.00 bits per heavy atom. The van der Waals surface area contributed by atoms with Crippen LogP contribution in [0.4, 0.5) is 10.1 Å². The first-order valence-electron chi connectivity index (χ1n) is 7.40. The second kappa shape index (κ2) is 7.95. The van der Waals surface area contributed by atoms with Crippen molar-refractivity contribution in [2.75, 3.05) is 11.9 Å². The normalized spacial score (nSPS) is 13.8. The highest BCUT2D eigenvalue weighted by Crippen LogP contribution is 2.27. The maximum Gasteiger partial charge on any atom is 0.256 e. The van der Waals surface area contributed by atoms with E-state index in [1.54, 1.807) is 42.6 Å². The van der Waals surface area contributed by atoms with Crippen LogP contribution in [0.1, 0.15) is 36.7 Å². The average molecular weight is 352 g/mol. The van der Waals surface area contributed by atoms with Gasteiger partial charge in [-0.15, -0.1) is 0 Å². The maximum atomic E-state index is 14.7. The third-order valence-corrected chi connectivity index (χ3v) is 4.72. The zero-order valence-electron chi connectivity index (χ0n) is 13.4. The number of benzene rings is 1. The Balaban J connectivity index is 1.97. The maximum absolute atomic E-state index is 14.7. The van der Waals surface area contributed by atoms with Crippen molar-refractivity contribution in [1.82, 2.24) is 4.72 Å². The number of thiophene rings is 1. The van der Waals surface area contributed by atoms with Crippen LogP contribution in [-0.4, -0.2) is 17.7 Å². The molecule has 0 bridgehead atoms. The number of amides is 1. The molecule has 23 heavy (non-hydrogen) atoms. The Hall–Kier alpha value is -1.37. The van der Waals surface area contributed by atoms with E-state index < -0.39 is 5.67 Å². The average Bonchev–Trinajstić information content (AvgIpc) is 3.01. The SMILES string of the molecule is CC(C)SNCC(C)(F)c1ccc(NC(=O)c2ccsc2)cc1. The summed E-state index contributed by atoms with van der Waals surface area (Å²) in [6.45, 7) is 5.90. The molecule has 1 heterocycles. The summed E-state index contributed by atoms with van der Waals surface area (Å²) < 4.78 is 17.8. The van der Waals surface area contributed by atoms with E-state index in [1.807, 2.05) is 5.38 Å². The lowest BCUT2D eigenvalue weighted by Crippen LogP contribution is -2.29. The van der Waals surface area contributed by atoms with Gasteiger partial charge in [-0.2, -0.15) is 11.3 Å². The lowest BCUT2D eigenvalue weighted by atomic mass is 9.98. The number of nitrogens with one attached hydrogen (secondary N) is 2. The molecule has 1 unspecified atom stereocenters. The van der Waals surface area contributed by atoms with Gasteiger partial charge in [0, 0.05) is 22.9 Å². The molecule has 1 amide bonds. The van der Waals surface area contributed by atoms with Gasteiger partial charge in [0.2, 0.25) is 0 Å². The topological polar surface area (TPSA) is 41.1 Å². The van der Waals surface area contributed by atoms with Gasteiger partial charge in [-0.05, 0) is 36.1 Å². The third kappa shape index (κ3) is 5.34. The summed E-state index contributed by atoms with van der Waals surface area (Å²) in [4.78, 5) is 12.0. The second-order valence-electron chi connectivity index (χ2n) is 5.73. The lowest BCUT2D eigenvalue weighted by Gasteiger charge is -2.22. The van der Waals surface area contributed by atoms with Crippen molar-refractivity contribution in [3.05, 3.63) is 52.2 Å². The minimum atomic E-state index is -1.46. The zero-order valence-corrected chi connectivity index (χ0v) is 15.1. The molecule has 0 radical (unpaired) electrons. The molecular weight excluding hydrogens is 331 g/mol. The molecule has 124 valence electrons. The van der Waals surface area contributed by atoms with Gasteiger partial charge in [0.05, 0.1) is 5.56 Å². The number of hydrogen-bond donors (Lipinski definition) is 2. The number of rotatable bonds is 7. The summed E-state index contributed by atoms with van der Waals surface area (Å²) in [5.41, 5.74) is 0.412. The van der Waals surface area contributed by atoms with Crippen molar-refractivity contribution in [2.24, 2.45) is 0 Å². The van der Waals surface area contributed by atoms with E-state index in [4.69, 9.17) is 0 Å². The fourth-order valence-corrected chi connectivity index (χ4v) is 3.27. The van der Waals surface area contributed by atoms with E-state index in [-0.39, 0.29) is 12.5 Å². The minimum Gasteiger partial charge on any atom is -0.322 e. The Morgan fingerprint density at radius 1 is 1.30 bits per heavy atom. The Labute approximate surface area is 144 Å². The van der Waals surface area contributed by atoms with Gasteiger partial charge in [0.15, 0.2) is 0 Å². The van der Waals surface area contributed by atoms with E-state index in [9.17, 15) is 9.18 Å². The van der Waals surface area contributed by atoms with Gasteiger partial charge < -0.3 is 5.32 Å². The molecule has 1 aromatic heterocycles. The molecule has 0 saturated carbocycles. The Bertz CT molecular complexity index is 625.